The maximum Gasteiger partial charge on any atom is 0.326 e. The minimum Gasteiger partial charge on any atom is -0.468 e. The van der Waals surface area contributed by atoms with E-state index in [9.17, 15) is 4.79 Å². The average molecular weight is 298 g/mol. The Morgan fingerprint density at radius 1 is 1.65 bits per heavy atom. The quantitative estimate of drug-likeness (QED) is 0.806. The van der Waals surface area contributed by atoms with Gasteiger partial charge in [-0.15, -0.1) is 0 Å². The van der Waals surface area contributed by atoms with Gasteiger partial charge in [0.1, 0.15) is 11.9 Å². The van der Waals surface area contributed by atoms with Gasteiger partial charge < -0.3 is 4.74 Å². The van der Waals surface area contributed by atoms with Crippen LogP contribution in [0.2, 0.25) is 0 Å². The number of esters is 1. The second-order valence-corrected chi connectivity index (χ2v) is 6.79. The Bertz CT molecular complexity index is 438. The molecular formula is C13H22N4O2S. The molecule has 1 aromatic rings. The summed E-state index contributed by atoms with van der Waals surface area (Å²) in [5, 5.41) is 11.3. The lowest BCUT2D eigenvalue weighted by Crippen LogP contribution is -2.58. The molecule has 7 heteroatoms. The molecule has 1 aliphatic carbocycles. The van der Waals surface area contributed by atoms with Gasteiger partial charge in [0.25, 0.3) is 0 Å². The van der Waals surface area contributed by atoms with Crippen LogP contribution in [0.5, 0.6) is 0 Å². The molecule has 0 amide bonds. The molecule has 0 bridgehead atoms. The van der Waals surface area contributed by atoms with Gasteiger partial charge in [-0.05, 0) is 39.5 Å². The van der Waals surface area contributed by atoms with Crippen LogP contribution >= 0.6 is 11.8 Å². The maximum atomic E-state index is 12.2. The highest BCUT2D eigenvalue weighted by Gasteiger charge is 2.44. The van der Waals surface area contributed by atoms with Crippen LogP contribution in [0.3, 0.4) is 0 Å². The maximum absolute atomic E-state index is 12.2. The number of methoxy groups -OCH3 is 1. The molecule has 2 rings (SSSR count). The van der Waals surface area contributed by atoms with Crippen LogP contribution in [0.25, 0.3) is 0 Å². The third kappa shape index (κ3) is 3.52. The number of aromatic nitrogens is 3. The number of nitrogens with one attached hydrogen (secondary N) is 2. The number of H-pyrrole nitrogens is 1. The first-order valence-electron chi connectivity index (χ1n) is 6.94. The molecule has 0 saturated heterocycles. The smallest absolute Gasteiger partial charge is 0.326 e. The molecule has 20 heavy (non-hydrogen) atoms. The number of aromatic amines is 1. The van der Waals surface area contributed by atoms with Crippen LogP contribution in [0, 0.1) is 0 Å². The fourth-order valence-electron chi connectivity index (χ4n) is 2.86. The number of ether oxygens (including phenoxy) is 1. The molecule has 1 saturated carbocycles. The SMILES string of the molecule is COC(=O)C1(NC(C)C)CCCC(Sc2ncn[nH]2)C1. The van der Waals surface area contributed by atoms with Crippen LogP contribution in [0.1, 0.15) is 39.5 Å². The van der Waals surface area contributed by atoms with E-state index in [4.69, 9.17) is 4.74 Å². The number of rotatable bonds is 5. The minimum absolute atomic E-state index is 0.158. The van der Waals surface area contributed by atoms with Crippen molar-refractivity contribution in [1.29, 1.82) is 0 Å². The molecule has 0 radical (unpaired) electrons. The van der Waals surface area contributed by atoms with Crippen molar-refractivity contribution in [3.8, 4) is 0 Å². The lowest BCUT2D eigenvalue weighted by molar-refractivity contribution is -0.150. The second-order valence-electron chi connectivity index (χ2n) is 5.50. The molecular weight excluding hydrogens is 276 g/mol. The summed E-state index contributed by atoms with van der Waals surface area (Å²) in [5.74, 6) is -0.158. The molecule has 1 fully saturated rings. The van der Waals surface area contributed by atoms with Crippen LogP contribution in [-0.4, -0.2) is 45.1 Å². The predicted molar refractivity (Wildman–Crippen MR) is 77.5 cm³/mol. The topological polar surface area (TPSA) is 79.9 Å². The summed E-state index contributed by atoms with van der Waals surface area (Å²) in [6, 6.07) is 0.239. The van der Waals surface area contributed by atoms with E-state index >= 15 is 0 Å². The standard InChI is InChI=1S/C13H22N4O2S/c1-9(2)16-13(11(18)19-3)6-4-5-10(7-13)20-12-14-8-15-17-12/h8-10,16H,4-7H2,1-3H3,(H,14,15,17). The van der Waals surface area contributed by atoms with Crippen molar-refractivity contribution in [2.75, 3.05) is 7.11 Å². The van der Waals surface area contributed by atoms with E-state index in [0.717, 1.165) is 30.8 Å². The van der Waals surface area contributed by atoms with Crippen molar-refractivity contribution in [2.24, 2.45) is 0 Å². The van der Waals surface area contributed by atoms with Gasteiger partial charge in [-0.2, -0.15) is 5.10 Å². The lowest BCUT2D eigenvalue weighted by atomic mass is 9.81. The van der Waals surface area contributed by atoms with Gasteiger partial charge >= 0.3 is 5.97 Å². The first-order chi connectivity index (χ1) is 9.55. The summed E-state index contributed by atoms with van der Waals surface area (Å²) in [6.45, 7) is 4.11. The van der Waals surface area contributed by atoms with Gasteiger partial charge in [0, 0.05) is 11.3 Å². The Morgan fingerprint density at radius 2 is 2.45 bits per heavy atom. The molecule has 2 atom stereocenters. The Morgan fingerprint density at radius 3 is 3.05 bits per heavy atom. The van der Waals surface area contributed by atoms with Gasteiger partial charge in [-0.1, -0.05) is 11.8 Å². The van der Waals surface area contributed by atoms with E-state index in [2.05, 4.69) is 34.3 Å². The molecule has 1 aliphatic rings. The van der Waals surface area contributed by atoms with Gasteiger partial charge in [-0.3, -0.25) is 15.2 Å². The minimum atomic E-state index is -0.571. The normalized spacial score (nSPS) is 26.7. The van der Waals surface area contributed by atoms with E-state index in [1.807, 2.05) is 0 Å². The van der Waals surface area contributed by atoms with E-state index in [-0.39, 0.29) is 12.0 Å². The molecule has 1 aromatic heterocycles. The van der Waals surface area contributed by atoms with Crippen molar-refractivity contribution in [1.82, 2.24) is 20.5 Å². The zero-order valence-corrected chi connectivity index (χ0v) is 13.0. The van der Waals surface area contributed by atoms with E-state index in [1.54, 1.807) is 11.8 Å². The number of carbonyl (C=O) groups excluding carboxylic acids is 1. The largest absolute Gasteiger partial charge is 0.468 e. The zero-order chi connectivity index (χ0) is 14.6. The van der Waals surface area contributed by atoms with Gasteiger partial charge in [-0.25, -0.2) is 4.98 Å². The number of thioether (sulfide) groups is 1. The molecule has 6 nitrogen and oxygen atoms in total. The molecule has 0 aromatic carbocycles. The summed E-state index contributed by atoms with van der Waals surface area (Å²) >= 11 is 1.65. The second kappa shape index (κ2) is 6.58. The van der Waals surface area contributed by atoms with Crippen molar-refractivity contribution >= 4 is 17.7 Å². The highest BCUT2D eigenvalue weighted by atomic mass is 32.2. The van der Waals surface area contributed by atoms with Crippen molar-refractivity contribution < 1.29 is 9.53 Å². The summed E-state index contributed by atoms with van der Waals surface area (Å²) < 4.78 is 5.03. The average Bonchev–Trinajstić information content (AvgIpc) is 2.90. The molecule has 2 N–H and O–H groups in total. The van der Waals surface area contributed by atoms with Crippen LogP contribution in [0.15, 0.2) is 11.5 Å². The lowest BCUT2D eigenvalue weighted by Gasteiger charge is -2.40. The van der Waals surface area contributed by atoms with Crippen molar-refractivity contribution in [3.63, 3.8) is 0 Å². The number of carbonyl (C=O) groups is 1. The highest BCUT2D eigenvalue weighted by molar-refractivity contribution is 7.99. The van der Waals surface area contributed by atoms with Gasteiger partial charge in [0.2, 0.25) is 0 Å². The number of hydrogen-bond donors (Lipinski definition) is 2. The van der Waals surface area contributed by atoms with Crippen LogP contribution < -0.4 is 5.32 Å². The monoisotopic (exact) mass is 298 g/mol. The van der Waals surface area contributed by atoms with Gasteiger partial charge in [0.05, 0.1) is 7.11 Å². The highest BCUT2D eigenvalue weighted by Crippen LogP contribution is 2.38. The summed E-state index contributed by atoms with van der Waals surface area (Å²) in [5.41, 5.74) is -0.571. The zero-order valence-electron chi connectivity index (χ0n) is 12.2. The van der Waals surface area contributed by atoms with E-state index in [1.165, 1.54) is 13.4 Å². The van der Waals surface area contributed by atoms with Crippen LogP contribution in [-0.2, 0) is 9.53 Å². The Labute approximate surface area is 123 Å². The van der Waals surface area contributed by atoms with Crippen LogP contribution in [0.4, 0.5) is 0 Å². The van der Waals surface area contributed by atoms with Crippen molar-refractivity contribution in [2.45, 2.75) is 61.5 Å². The third-order valence-electron chi connectivity index (χ3n) is 3.52. The molecule has 1 heterocycles. The molecule has 0 aliphatic heterocycles. The summed E-state index contributed by atoms with van der Waals surface area (Å²) in [7, 11) is 1.46. The van der Waals surface area contributed by atoms with E-state index in [0.29, 0.717) is 5.25 Å². The Kier molecular flexibility index (Phi) is 5.04. The fourth-order valence-corrected chi connectivity index (χ4v) is 4.04. The predicted octanol–water partition coefficient (Wildman–Crippen LogP) is 1.75. The number of nitrogens with zero attached hydrogens (tertiary/aromatic N) is 2. The summed E-state index contributed by atoms with van der Waals surface area (Å²) in [6.07, 6.45) is 5.16. The molecule has 0 spiro atoms. The van der Waals surface area contributed by atoms with Gasteiger partial charge in [0.15, 0.2) is 5.16 Å². The first-order valence-corrected chi connectivity index (χ1v) is 7.82. The first kappa shape index (κ1) is 15.3. The Hall–Kier alpha value is -1.08. The summed E-state index contributed by atoms with van der Waals surface area (Å²) in [4.78, 5) is 16.4. The fraction of sp³-hybridized carbons (Fsp3) is 0.769. The van der Waals surface area contributed by atoms with Crippen molar-refractivity contribution in [3.05, 3.63) is 6.33 Å². The number of hydrogen-bond acceptors (Lipinski definition) is 6. The third-order valence-corrected chi connectivity index (χ3v) is 4.67. The Balaban J connectivity index is 2.09. The molecule has 2 unspecified atom stereocenters. The van der Waals surface area contributed by atoms with E-state index < -0.39 is 5.54 Å². The molecule has 112 valence electrons.